The number of amides is 1. The third-order valence-electron chi connectivity index (χ3n) is 8.64. The molecule has 0 bridgehead atoms. The highest BCUT2D eigenvalue weighted by Crippen LogP contribution is 2.47. The number of hydrogen-bond donors (Lipinski definition) is 0. The molecule has 1 spiro atoms. The zero-order valence-corrected chi connectivity index (χ0v) is 19.1. The summed E-state index contributed by atoms with van der Waals surface area (Å²) in [5.74, 6) is 0.0603. The van der Waals surface area contributed by atoms with Crippen LogP contribution in [0.4, 0.5) is 0 Å². The van der Waals surface area contributed by atoms with Crippen molar-refractivity contribution < 1.29 is 9.53 Å². The number of likely N-dealkylation sites (N-methyl/N-ethyl adjacent to an activating group) is 1. The van der Waals surface area contributed by atoms with Crippen LogP contribution in [0.15, 0.2) is 48.5 Å². The minimum Gasteiger partial charge on any atom is -0.375 e. The first kappa shape index (κ1) is 20.4. The average molecular weight is 431 g/mol. The van der Waals surface area contributed by atoms with Crippen LogP contribution in [-0.2, 0) is 9.53 Å². The highest BCUT2D eigenvalue weighted by Gasteiger charge is 2.48. The number of nitrogens with zero attached hydrogens (tertiary/aromatic N) is 2. The summed E-state index contributed by atoms with van der Waals surface area (Å²) in [4.78, 5) is 18.9. The molecular formula is C28H34N2O2. The maximum atomic E-state index is 14.1. The van der Waals surface area contributed by atoms with Crippen LogP contribution in [0.2, 0.25) is 0 Å². The van der Waals surface area contributed by atoms with E-state index in [1.54, 1.807) is 0 Å². The van der Waals surface area contributed by atoms with Crippen LogP contribution in [0.5, 0.6) is 0 Å². The molecule has 2 saturated heterocycles. The molecule has 32 heavy (non-hydrogen) atoms. The minimum absolute atomic E-state index is 0.0558. The molecule has 168 valence electrons. The molecule has 1 amide bonds. The molecule has 2 heterocycles. The largest absolute Gasteiger partial charge is 0.375 e. The first-order valence-electron chi connectivity index (χ1n) is 12.5. The normalized spacial score (nSPS) is 29.9. The van der Waals surface area contributed by atoms with E-state index in [1.807, 2.05) is 0 Å². The Morgan fingerprint density at radius 3 is 2.25 bits per heavy atom. The Morgan fingerprint density at radius 2 is 1.62 bits per heavy atom. The maximum Gasteiger partial charge on any atom is 0.234 e. The Balaban J connectivity index is 1.32. The van der Waals surface area contributed by atoms with Gasteiger partial charge in [-0.25, -0.2) is 0 Å². The summed E-state index contributed by atoms with van der Waals surface area (Å²) in [5, 5.41) is 0. The smallest absolute Gasteiger partial charge is 0.234 e. The van der Waals surface area contributed by atoms with Gasteiger partial charge in [0.15, 0.2) is 0 Å². The van der Waals surface area contributed by atoms with Crippen molar-refractivity contribution in [3.05, 3.63) is 59.7 Å². The third kappa shape index (κ3) is 3.22. The van der Waals surface area contributed by atoms with E-state index < -0.39 is 0 Å². The lowest BCUT2D eigenvalue weighted by molar-refractivity contribution is -0.138. The Kier molecular flexibility index (Phi) is 5.11. The van der Waals surface area contributed by atoms with E-state index in [0.717, 1.165) is 50.1 Å². The minimum atomic E-state index is -0.190. The molecule has 3 fully saturated rings. The molecule has 2 aliphatic heterocycles. The molecule has 0 radical (unpaired) electrons. The second-order valence-corrected chi connectivity index (χ2v) is 10.3. The number of likely N-dealkylation sites (tertiary alicyclic amines) is 1. The van der Waals surface area contributed by atoms with Gasteiger partial charge in [0, 0.05) is 25.7 Å². The molecule has 0 N–H and O–H groups in total. The number of hydrogen-bond acceptors (Lipinski definition) is 3. The van der Waals surface area contributed by atoms with E-state index in [-0.39, 0.29) is 23.5 Å². The van der Waals surface area contributed by atoms with Crippen molar-refractivity contribution in [3.63, 3.8) is 0 Å². The second-order valence-electron chi connectivity index (χ2n) is 10.3. The van der Waals surface area contributed by atoms with Gasteiger partial charge in [-0.2, -0.15) is 0 Å². The number of fused-ring (bicyclic) bond motifs is 3. The SMILES string of the molecule is CN(C(=O)C1c2ccccc2-c2ccccc21)[C@H]1CC[C@]2(CCCO2)C[C@@H]1N1CCCC1. The van der Waals surface area contributed by atoms with Crippen molar-refractivity contribution in [3.8, 4) is 11.1 Å². The molecule has 4 aliphatic rings. The van der Waals surface area contributed by atoms with Gasteiger partial charge in [-0.05, 0) is 80.3 Å². The van der Waals surface area contributed by atoms with E-state index in [1.165, 1.54) is 36.8 Å². The fourth-order valence-corrected chi connectivity index (χ4v) is 7.02. The molecule has 2 aliphatic carbocycles. The van der Waals surface area contributed by atoms with Crippen LogP contribution in [0.3, 0.4) is 0 Å². The Morgan fingerprint density at radius 1 is 0.969 bits per heavy atom. The summed E-state index contributed by atoms with van der Waals surface area (Å²) >= 11 is 0. The predicted molar refractivity (Wildman–Crippen MR) is 127 cm³/mol. The standard InChI is InChI=1S/C28H34N2O2/c1-29(24-13-15-28(14-8-18-32-28)19-25(24)30-16-6-7-17-30)27(31)26-22-11-4-2-9-20(22)21-10-3-5-12-23(21)26/h2-5,9-12,24-26H,6-8,13-19H2,1H3/t24-,25-,28+/m0/s1. The second kappa shape index (κ2) is 8.00. The van der Waals surface area contributed by atoms with Gasteiger partial charge in [0.25, 0.3) is 0 Å². The van der Waals surface area contributed by atoms with Gasteiger partial charge in [0.2, 0.25) is 5.91 Å². The average Bonchev–Trinajstić information content (AvgIpc) is 3.58. The van der Waals surface area contributed by atoms with Crippen molar-refractivity contribution in [2.75, 3.05) is 26.7 Å². The predicted octanol–water partition coefficient (Wildman–Crippen LogP) is 4.82. The fourth-order valence-electron chi connectivity index (χ4n) is 7.02. The number of carbonyl (C=O) groups is 1. The van der Waals surface area contributed by atoms with E-state index in [4.69, 9.17) is 4.74 Å². The summed E-state index contributed by atoms with van der Waals surface area (Å²) < 4.78 is 6.32. The Hall–Kier alpha value is -2.17. The molecule has 2 aromatic carbocycles. The lowest BCUT2D eigenvalue weighted by Gasteiger charge is -2.49. The van der Waals surface area contributed by atoms with Crippen molar-refractivity contribution >= 4 is 5.91 Å². The lowest BCUT2D eigenvalue weighted by atomic mass is 9.76. The van der Waals surface area contributed by atoms with E-state index >= 15 is 0 Å². The highest BCUT2D eigenvalue weighted by atomic mass is 16.5. The van der Waals surface area contributed by atoms with Gasteiger partial charge in [-0.15, -0.1) is 0 Å². The zero-order chi connectivity index (χ0) is 21.7. The number of rotatable bonds is 3. The number of carbonyl (C=O) groups excluding carboxylic acids is 1. The molecule has 3 atom stereocenters. The van der Waals surface area contributed by atoms with Gasteiger partial charge in [0.05, 0.1) is 11.5 Å². The summed E-state index contributed by atoms with van der Waals surface area (Å²) in [5.41, 5.74) is 4.81. The Bertz CT molecular complexity index is 960. The van der Waals surface area contributed by atoms with Crippen LogP contribution in [0.1, 0.15) is 62.0 Å². The molecule has 0 aromatic heterocycles. The summed E-state index contributed by atoms with van der Waals surface area (Å²) in [6.45, 7) is 3.23. The van der Waals surface area contributed by atoms with Crippen LogP contribution in [0, 0.1) is 0 Å². The number of ether oxygens (including phenoxy) is 1. The molecule has 4 nitrogen and oxygen atoms in total. The summed E-state index contributed by atoms with van der Waals surface area (Å²) in [7, 11) is 2.06. The van der Waals surface area contributed by atoms with Crippen LogP contribution >= 0.6 is 0 Å². The highest BCUT2D eigenvalue weighted by molar-refractivity contribution is 5.96. The molecule has 4 heteroatoms. The van der Waals surface area contributed by atoms with Gasteiger partial charge >= 0.3 is 0 Å². The van der Waals surface area contributed by atoms with Crippen molar-refractivity contribution in [2.24, 2.45) is 0 Å². The zero-order valence-electron chi connectivity index (χ0n) is 19.1. The topological polar surface area (TPSA) is 32.8 Å². The monoisotopic (exact) mass is 430 g/mol. The molecule has 2 aromatic rings. The number of benzene rings is 2. The van der Waals surface area contributed by atoms with Gasteiger partial charge in [0.1, 0.15) is 0 Å². The quantitative estimate of drug-likeness (QED) is 0.700. The van der Waals surface area contributed by atoms with Crippen LogP contribution in [-0.4, -0.2) is 60.1 Å². The van der Waals surface area contributed by atoms with Crippen molar-refractivity contribution in [2.45, 2.75) is 68.5 Å². The third-order valence-corrected chi connectivity index (χ3v) is 8.64. The molecular weight excluding hydrogens is 396 g/mol. The van der Waals surface area contributed by atoms with Crippen molar-refractivity contribution in [1.82, 2.24) is 9.80 Å². The van der Waals surface area contributed by atoms with Crippen molar-refractivity contribution in [1.29, 1.82) is 0 Å². The summed E-state index contributed by atoms with van der Waals surface area (Å²) in [6.07, 6.45) is 8.12. The van der Waals surface area contributed by atoms with Crippen LogP contribution in [0.25, 0.3) is 11.1 Å². The van der Waals surface area contributed by atoms with E-state index in [2.05, 4.69) is 65.4 Å². The van der Waals surface area contributed by atoms with Gasteiger partial charge < -0.3 is 9.64 Å². The van der Waals surface area contributed by atoms with Gasteiger partial charge in [-0.3, -0.25) is 9.69 Å². The lowest BCUT2D eigenvalue weighted by Crippen LogP contribution is -2.58. The van der Waals surface area contributed by atoms with E-state index in [0.29, 0.717) is 6.04 Å². The first-order chi connectivity index (χ1) is 15.7. The van der Waals surface area contributed by atoms with E-state index in [9.17, 15) is 4.79 Å². The first-order valence-corrected chi connectivity index (χ1v) is 12.5. The molecule has 0 unspecified atom stereocenters. The summed E-state index contributed by atoms with van der Waals surface area (Å²) in [6, 6.07) is 17.6. The Labute approximate surface area is 191 Å². The molecule has 6 rings (SSSR count). The molecule has 1 saturated carbocycles. The van der Waals surface area contributed by atoms with Gasteiger partial charge in [-0.1, -0.05) is 48.5 Å². The fraction of sp³-hybridized carbons (Fsp3) is 0.536. The van der Waals surface area contributed by atoms with Crippen LogP contribution < -0.4 is 0 Å². The maximum absolute atomic E-state index is 14.1.